The quantitative estimate of drug-likeness (QED) is 0.884. The molecular weight excluding hydrogens is 256 g/mol. The lowest BCUT2D eigenvalue weighted by atomic mass is 9.97. The number of hydrogen-bond acceptors (Lipinski definition) is 2. The highest BCUT2D eigenvalue weighted by atomic mass is 15.1. The van der Waals surface area contributed by atoms with Crippen LogP contribution in [0.15, 0.2) is 30.3 Å². The lowest BCUT2D eigenvalue weighted by molar-refractivity contribution is 0.192. The van der Waals surface area contributed by atoms with Gasteiger partial charge in [0.25, 0.3) is 0 Å². The molecule has 1 aromatic rings. The van der Waals surface area contributed by atoms with Gasteiger partial charge in [-0.25, -0.2) is 0 Å². The van der Waals surface area contributed by atoms with Crippen LogP contribution in [0.2, 0.25) is 0 Å². The summed E-state index contributed by atoms with van der Waals surface area (Å²) >= 11 is 0. The molecule has 2 rings (SSSR count). The van der Waals surface area contributed by atoms with Crippen molar-refractivity contribution >= 4 is 0 Å². The first-order valence-electron chi connectivity index (χ1n) is 8.69. The maximum absolute atomic E-state index is 3.71. The smallest absolute Gasteiger partial charge is 0.00767 e. The standard InChI is InChI=1S/C19H32N2/c1-4-19-11-13-21(15-16(2)14-20-19)12-10-17(3)18-8-6-5-7-9-18/h5-9,16-17,19-20H,4,10-15H2,1-3H3. The molecule has 2 nitrogen and oxygen atoms in total. The van der Waals surface area contributed by atoms with Crippen LogP contribution in [0.4, 0.5) is 0 Å². The van der Waals surface area contributed by atoms with Crippen LogP contribution in [0.5, 0.6) is 0 Å². The number of benzene rings is 1. The van der Waals surface area contributed by atoms with Crippen LogP contribution in [-0.2, 0) is 0 Å². The van der Waals surface area contributed by atoms with Gasteiger partial charge in [0.15, 0.2) is 0 Å². The molecule has 21 heavy (non-hydrogen) atoms. The van der Waals surface area contributed by atoms with Crippen molar-refractivity contribution in [3.63, 3.8) is 0 Å². The van der Waals surface area contributed by atoms with Gasteiger partial charge in [0.05, 0.1) is 0 Å². The van der Waals surface area contributed by atoms with E-state index in [1.807, 2.05) is 0 Å². The van der Waals surface area contributed by atoms with Crippen molar-refractivity contribution in [1.29, 1.82) is 0 Å². The fourth-order valence-corrected chi connectivity index (χ4v) is 3.28. The Morgan fingerprint density at radius 2 is 2.05 bits per heavy atom. The van der Waals surface area contributed by atoms with Gasteiger partial charge in [-0.2, -0.15) is 0 Å². The van der Waals surface area contributed by atoms with Gasteiger partial charge in [-0.05, 0) is 56.3 Å². The van der Waals surface area contributed by atoms with E-state index >= 15 is 0 Å². The molecule has 1 aromatic carbocycles. The zero-order chi connectivity index (χ0) is 15.1. The molecule has 1 aliphatic heterocycles. The summed E-state index contributed by atoms with van der Waals surface area (Å²) in [6.45, 7) is 11.9. The number of nitrogens with one attached hydrogen (secondary N) is 1. The Balaban J connectivity index is 1.83. The molecule has 1 fully saturated rings. The van der Waals surface area contributed by atoms with Gasteiger partial charge in [-0.15, -0.1) is 0 Å². The molecule has 2 heteroatoms. The molecule has 118 valence electrons. The second-order valence-corrected chi connectivity index (χ2v) is 6.81. The predicted molar refractivity (Wildman–Crippen MR) is 91.8 cm³/mol. The molecule has 0 bridgehead atoms. The summed E-state index contributed by atoms with van der Waals surface area (Å²) in [4.78, 5) is 2.69. The van der Waals surface area contributed by atoms with Gasteiger partial charge < -0.3 is 10.2 Å². The van der Waals surface area contributed by atoms with Crippen molar-refractivity contribution < 1.29 is 0 Å². The van der Waals surface area contributed by atoms with Gasteiger partial charge in [0.2, 0.25) is 0 Å². The van der Waals surface area contributed by atoms with E-state index in [2.05, 4.69) is 61.3 Å². The first kappa shape index (κ1) is 16.5. The van der Waals surface area contributed by atoms with Crippen LogP contribution in [0.3, 0.4) is 0 Å². The number of rotatable bonds is 5. The topological polar surface area (TPSA) is 15.3 Å². The first-order valence-corrected chi connectivity index (χ1v) is 8.69. The van der Waals surface area contributed by atoms with E-state index in [0.29, 0.717) is 12.0 Å². The van der Waals surface area contributed by atoms with Crippen molar-refractivity contribution in [1.82, 2.24) is 10.2 Å². The Morgan fingerprint density at radius 3 is 2.76 bits per heavy atom. The van der Waals surface area contributed by atoms with Crippen LogP contribution in [0.25, 0.3) is 0 Å². The van der Waals surface area contributed by atoms with E-state index in [9.17, 15) is 0 Å². The molecule has 0 radical (unpaired) electrons. The predicted octanol–water partition coefficient (Wildman–Crippen LogP) is 3.89. The third-order valence-corrected chi connectivity index (χ3v) is 4.86. The van der Waals surface area contributed by atoms with Gasteiger partial charge in [0.1, 0.15) is 0 Å². The summed E-state index contributed by atoms with van der Waals surface area (Å²) in [7, 11) is 0. The Hall–Kier alpha value is -0.860. The fraction of sp³-hybridized carbons (Fsp3) is 0.684. The summed E-state index contributed by atoms with van der Waals surface area (Å²) in [5, 5.41) is 3.71. The lowest BCUT2D eigenvalue weighted by Gasteiger charge is -2.32. The van der Waals surface area contributed by atoms with Gasteiger partial charge in [-0.3, -0.25) is 0 Å². The van der Waals surface area contributed by atoms with Crippen molar-refractivity contribution in [2.24, 2.45) is 5.92 Å². The second-order valence-electron chi connectivity index (χ2n) is 6.81. The van der Waals surface area contributed by atoms with Crippen LogP contribution >= 0.6 is 0 Å². The zero-order valence-corrected chi connectivity index (χ0v) is 14.0. The van der Waals surface area contributed by atoms with E-state index in [1.165, 1.54) is 51.0 Å². The summed E-state index contributed by atoms with van der Waals surface area (Å²) in [5.74, 6) is 1.42. The first-order chi connectivity index (χ1) is 10.2. The van der Waals surface area contributed by atoms with E-state index < -0.39 is 0 Å². The maximum Gasteiger partial charge on any atom is 0.00767 e. The molecule has 0 aromatic heterocycles. The van der Waals surface area contributed by atoms with Gasteiger partial charge in [0, 0.05) is 12.6 Å². The van der Waals surface area contributed by atoms with Crippen molar-refractivity contribution in [2.75, 3.05) is 26.2 Å². The lowest BCUT2D eigenvalue weighted by Crippen LogP contribution is -2.43. The number of hydrogen-bond donors (Lipinski definition) is 1. The summed E-state index contributed by atoms with van der Waals surface area (Å²) in [6, 6.07) is 11.6. The maximum atomic E-state index is 3.71. The molecular formula is C19H32N2. The van der Waals surface area contributed by atoms with Crippen LogP contribution in [0, 0.1) is 5.92 Å². The highest BCUT2D eigenvalue weighted by Crippen LogP contribution is 2.19. The average molecular weight is 288 g/mol. The summed E-state index contributed by atoms with van der Waals surface area (Å²) in [5.41, 5.74) is 1.48. The molecule has 0 saturated carbocycles. The second kappa shape index (κ2) is 8.55. The zero-order valence-electron chi connectivity index (χ0n) is 14.0. The van der Waals surface area contributed by atoms with E-state index in [4.69, 9.17) is 0 Å². The molecule has 1 aliphatic rings. The van der Waals surface area contributed by atoms with Crippen LogP contribution < -0.4 is 5.32 Å². The monoisotopic (exact) mass is 288 g/mol. The number of nitrogens with zero attached hydrogens (tertiary/aromatic N) is 1. The Bertz CT molecular complexity index is 390. The highest BCUT2D eigenvalue weighted by Gasteiger charge is 2.18. The van der Waals surface area contributed by atoms with Crippen molar-refractivity contribution in [2.45, 2.75) is 52.0 Å². The van der Waals surface area contributed by atoms with E-state index in [-0.39, 0.29) is 0 Å². The van der Waals surface area contributed by atoms with E-state index in [1.54, 1.807) is 0 Å². The molecule has 0 amide bonds. The largest absolute Gasteiger partial charge is 0.314 e. The highest BCUT2D eigenvalue weighted by molar-refractivity contribution is 5.18. The fourth-order valence-electron chi connectivity index (χ4n) is 3.28. The Morgan fingerprint density at radius 1 is 1.29 bits per heavy atom. The summed E-state index contributed by atoms with van der Waals surface area (Å²) in [6.07, 6.45) is 3.81. The molecule has 3 atom stereocenters. The molecule has 3 unspecified atom stereocenters. The molecule has 1 saturated heterocycles. The van der Waals surface area contributed by atoms with Gasteiger partial charge >= 0.3 is 0 Å². The molecule has 0 aliphatic carbocycles. The molecule has 1 heterocycles. The van der Waals surface area contributed by atoms with Crippen molar-refractivity contribution in [3.05, 3.63) is 35.9 Å². The molecule has 1 N–H and O–H groups in total. The minimum absolute atomic E-state index is 0.659. The summed E-state index contributed by atoms with van der Waals surface area (Å²) < 4.78 is 0. The van der Waals surface area contributed by atoms with Gasteiger partial charge in [-0.1, -0.05) is 51.1 Å². The van der Waals surface area contributed by atoms with Crippen LogP contribution in [-0.4, -0.2) is 37.1 Å². The minimum Gasteiger partial charge on any atom is -0.314 e. The molecule has 0 spiro atoms. The Kier molecular flexibility index (Phi) is 6.72. The SMILES string of the molecule is CCC1CCN(CCC(C)c2ccccc2)CC(C)CN1. The third-order valence-electron chi connectivity index (χ3n) is 4.86. The van der Waals surface area contributed by atoms with E-state index in [0.717, 1.165) is 5.92 Å². The average Bonchev–Trinajstić information content (AvgIpc) is 2.50. The Labute approximate surface area is 130 Å². The van der Waals surface area contributed by atoms with Crippen molar-refractivity contribution in [3.8, 4) is 0 Å². The third kappa shape index (κ3) is 5.44. The van der Waals surface area contributed by atoms with Crippen LogP contribution in [0.1, 0.15) is 51.5 Å². The minimum atomic E-state index is 0.659. The normalized spacial score (nSPS) is 26.0.